The van der Waals surface area contributed by atoms with Crippen LogP contribution in [-0.2, 0) is 16.4 Å². The highest BCUT2D eigenvalue weighted by molar-refractivity contribution is 8.01. The molecule has 1 saturated heterocycles. The molecule has 0 amide bonds. The Labute approximate surface area is 118 Å². The minimum Gasteiger partial charge on any atom is -0.390 e. The van der Waals surface area contributed by atoms with Gasteiger partial charge in [0.05, 0.1) is 12.3 Å². The van der Waals surface area contributed by atoms with E-state index < -0.39 is 15.2 Å². The molecule has 0 radical (unpaired) electrons. The number of hydrogen-bond acceptors (Lipinski definition) is 6. The van der Waals surface area contributed by atoms with Gasteiger partial charge in [0.25, 0.3) is 0 Å². The minimum absolute atomic E-state index is 0.137. The van der Waals surface area contributed by atoms with Crippen LogP contribution in [0.3, 0.4) is 0 Å². The molecule has 1 unspecified atom stereocenters. The first-order valence-electron chi connectivity index (χ1n) is 6.20. The topological polar surface area (TPSA) is 70.5 Å². The summed E-state index contributed by atoms with van der Waals surface area (Å²) in [5.74, 6) is 1.64. The lowest BCUT2D eigenvalue weighted by atomic mass is 10.3. The second kappa shape index (κ2) is 6.11. The molecule has 0 saturated carbocycles. The molecule has 1 aliphatic heterocycles. The number of aliphatic hydroxyl groups excluding tert-OH is 1. The molecule has 7 heteroatoms. The molecule has 0 aliphatic carbocycles. The molecule has 19 heavy (non-hydrogen) atoms. The highest BCUT2D eigenvalue weighted by Gasteiger charge is 2.33. The van der Waals surface area contributed by atoms with Crippen LogP contribution in [-0.4, -0.2) is 47.7 Å². The summed E-state index contributed by atoms with van der Waals surface area (Å²) in [5.41, 5.74) is 1.38. The van der Waals surface area contributed by atoms with Crippen molar-refractivity contribution in [2.24, 2.45) is 0 Å². The summed E-state index contributed by atoms with van der Waals surface area (Å²) in [4.78, 5) is 5.94. The number of aromatic nitrogens is 1. The summed E-state index contributed by atoms with van der Waals surface area (Å²) in [6.45, 7) is 2.24. The number of nitrogens with zero attached hydrogens (tertiary/aromatic N) is 2. The van der Waals surface area contributed by atoms with E-state index in [0.29, 0.717) is 18.0 Å². The third kappa shape index (κ3) is 3.21. The Kier molecular flexibility index (Phi) is 4.70. The fourth-order valence-corrected chi connectivity index (χ4v) is 5.09. The van der Waals surface area contributed by atoms with Gasteiger partial charge in [-0.1, -0.05) is 6.92 Å². The first-order valence-corrected chi connectivity index (χ1v) is 9.07. The molecule has 106 valence electrons. The highest BCUT2D eigenvalue weighted by Crippen LogP contribution is 2.27. The summed E-state index contributed by atoms with van der Waals surface area (Å²) < 4.78 is 24.3. The zero-order valence-corrected chi connectivity index (χ0v) is 12.5. The predicted molar refractivity (Wildman–Crippen MR) is 78.1 cm³/mol. The van der Waals surface area contributed by atoms with Gasteiger partial charge in [-0.2, -0.15) is 11.8 Å². The summed E-state index contributed by atoms with van der Waals surface area (Å²) >= 11 is 1.67. The molecular formula is C12H18N2O3S2. The number of anilines is 1. The van der Waals surface area contributed by atoms with Crippen molar-refractivity contribution < 1.29 is 13.5 Å². The van der Waals surface area contributed by atoms with Crippen LogP contribution in [0.25, 0.3) is 0 Å². The van der Waals surface area contributed by atoms with Gasteiger partial charge in [-0.15, -0.1) is 0 Å². The summed E-state index contributed by atoms with van der Waals surface area (Å²) in [6, 6.07) is 3.56. The Hall–Kier alpha value is -0.790. The lowest BCUT2D eigenvalue weighted by molar-refractivity contribution is 0.277. The Morgan fingerprint density at radius 2 is 2.37 bits per heavy atom. The van der Waals surface area contributed by atoms with Gasteiger partial charge < -0.3 is 10.0 Å². The number of hydrogen-bond donors (Lipinski definition) is 1. The highest BCUT2D eigenvalue weighted by atomic mass is 32.2. The molecule has 2 heterocycles. The molecule has 0 spiro atoms. The number of sulfone groups is 1. The molecule has 0 bridgehead atoms. The van der Waals surface area contributed by atoms with Crippen LogP contribution < -0.4 is 4.90 Å². The van der Waals surface area contributed by atoms with Crippen molar-refractivity contribution in [3.63, 3.8) is 0 Å². The Morgan fingerprint density at radius 1 is 1.58 bits per heavy atom. The van der Waals surface area contributed by atoms with E-state index in [9.17, 15) is 8.42 Å². The smallest absolute Gasteiger partial charge is 0.171 e. The molecule has 1 N–H and O–H groups in total. The van der Waals surface area contributed by atoms with Gasteiger partial charge in [-0.05, 0) is 12.1 Å². The Morgan fingerprint density at radius 3 is 3.05 bits per heavy atom. The second-order valence-electron chi connectivity index (χ2n) is 4.34. The predicted octanol–water partition coefficient (Wildman–Crippen LogP) is 0.888. The van der Waals surface area contributed by atoms with Gasteiger partial charge in [-0.25, -0.2) is 8.42 Å². The minimum atomic E-state index is -3.12. The number of rotatable bonds is 4. The third-order valence-corrected chi connectivity index (χ3v) is 6.48. The average Bonchev–Trinajstić information content (AvgIpc) is 2.47. The first-order chi connectivity index (χ1) is 9.08. The van der Waals surface area contributed by atoms with Gasteiger partial charge in [-0.3, -0.25) is 4.98 Å². The molecule has 1 atom stereocenters. The second-order valence-corrected chi connectivity index (χ2v) is 7.94. The molecule has 2 rings (SSSR count). The van der Waals surface area contributed by atoms with Gasteiger partial charge >= 0.3 is 0 Å². The van der Waals surface area contributed by atoms with Gasteiger partial charge in [0, 0.05) is 35.7 Å². The van der Waals surface area contributed by atoms with Crippen LogP contribution in [0, 0.1) is 0 Å². The van der Waals surface area contributed by atoms with E-state index in [1.54, 1.807) is 37.0 Å². The summed E-state index contributed by atoms with van der Waals surface area (Å²) in [7, 11) is -3.12. The van der Waals surface area contributed by atoms with Crippen LogP contribution in [0.15, 0.2) is 18.3 Å². The molecule has 1 aliphatic rings. The maximum absolute atomic E-state index is 12.2. The first kappa shape index (κ1) is 14.6. The van der Waals surface area contributed by atoms with Crippen molar-refractivity contribution in [1.29, 1.82) is 0 Å². The largest absolute Gasteiger partial charge is 0.390 e. The maximum Gasteiger partial charge on any atom is 0.171 e. The zero-order chi connectivity index (χ0) is 13.9. The fourth-order valence-electron chi connectivity index (χ4n) is 2.10. The molecular weight excluding hydrogens is 284 g/mol. The van der Waals surface area contributed by atoms with E-state index in [2.05, 4.69) is 4.98 Å². The fraction of sp³-hybridized carbons (Fsp3) is 0.583. The average molecular weight is 302 g/mol. The molecule has 1 fully saturated rings. The van der Waals surface area contributed by atoms with Crippen molar-refractivity contribution in [2.45, 2.75) is 18.9 Å². The maximum atomic E-state index is 12.2. The SMILES string of the molecule is CCS(=O)(=O)C1CSCCN1c1ccnc(CO)c1. The number of thioether (sulfide) groups is 1. The van der Waals surface area contributed by atoms with Crippen molar-refractivity contribution >= 4 is 27.3 Å². The van der Waals surface area contributed by atoms with E-state index in [4.69, 9.17) is 5.11 Å². The monoisotopic (exact) mass is 302 g/mol. The van der Waals surface area contributed by atoms with E-state index in [1.807, 2.05) is 4.90 Å². The number of pyridine rings is 1. The van der Waals surface area contributed by atoms with Crippen LogP contribution in [0.1, 0.15) is 12.6 Å². The van der Waals surface area contributed by atoms with Crippen molar-refractivity contribution in [1.82, 2.24) is 4.98 Å². The lowest BCUT2D eigenvalue weighted by Gasteiger charge is -2.36. The Bertz CT molecular complexity index is 534. The van der Waals surface area contributed by atoms with Crippen molar-refractivity contribution in [2.75, 3.05) is 28.7 Å². The molecule has 1 aromatic rings. The molecule has 5 nitrogen and oxygen atoms in total. The molecule has 1 aromatic heterocycles. The van der Waals surface area contributed by atoms with E-state index >= 15 is 0 Å². The number of aliphatic hydroxyl groups is 1. The van der Waals surface area contributed by atoms with Gasteiger partial charge in [0.2, 0.25) is 0 Å². The Balaban J connectivity index is 2.34. The van der Waals surface area contributed by atoms with E-state index in [0.717, 1.165) is 11.4 Å². The third-order valence-electron chi connectivity index (χ3n) is 3.20. The van der Waals surface area contributed by atoms with Crippen LogP contribution in [0.5, 0.6) is 0 Å². The zero-order valence-electron chi connectivity index (χ0n) is 10.8. The quantitative estimate of drug-likeness (QED) is 0.890. The van der Waals surface area contributed by atoms with Crippen LogP contribution in [0.2, 0.25) is 0 Å². The van der Waals surface area contributed by atoms with Crippen molar-refractivity contribution in [3.05, 3.63) is 24.0 Å². The summed E-state index contributed by atoms with van der Waals surface area (Å²) in [5, 5.41) is 8.65. The summed E-state index contributed by atoms with van der Waals surface area (Å²) in [6.07, 6.45) is 1.61. The van der Waals surface area contributed by atoms with E-state index in [1.165, 1.54) is 0 Å². The molecule has 0 aromatic carbocycles. The van der Waals surface area contributed by atoms with Gasteiger partial charge in [0.15, 0.2) is 9.84 Å². The van der Waals surface area contributed by atoms with Crippen molar-refractivity contribution in [3.8, 4) is 0 Å². The van der Waals surface area contributed by atoms with Crippen LogP contribution >= 0.6 is 11.8 Å². The normalized spacial score (nSPS) is 20.5. The standard InChI is InChI=1S/C12H18N2O3S2/c1-2-19(16,17)12-9-18-6-5-14(12)11-3-4-13-10(7-11)8-15/h3-4,7,12,15H,2,5-6,8-9H2,1H3. The van der Waals surface area contributed by atoms with Crippen LogP contribution in [0.4, 0.5) is 5.69 Å². The van der Waals surface area contributed by atoms with Gasteiger partial charge in [0.1, 0.15) is 5.37 Å². The van der Waals surface area contributed by atoms with E-state index in [-0.39, 0.29) is 12.4 Å². The lowest BCUT2D eigenvalue weighted by Crippen LogP contribution is -2.48.